The topological polar surface area (TPSA) is 30.0 Å². The highest BCUT2D eigenvalue weighted by molar-refractivity contribution is 9.10. The third kappa shape index (κ3) is 1.48. The van der Waals surface area contributed by atoms with Crippen molar-refractivity contribution in [3.8, 4) is 0 Å². The lowest BCUT2D eigenvalue weighted by atomic mass is 10.1. The number of hydrogen-bond donors (Lipinski definition) is 0. The summed E-state index contributed by atoms with van der Waals surface area (Å²) in [5, 5.41) is 0. The van der Waals surface area contributed by atoms with Crippen molar-refractivity contribution in [1.82, 2.24) is 4.98 Å². The van der Waals surface area contributed by atoms with Crippen LogP contribution in [0.25, 0.3) is 0 Å². The largest absolute Gasteiger partial charge is 0.298 e. The summed E-state index contributed by atoms with van der Waals surface area (Å²) in [6.45, 7) is 3.79. The van der Waals surface area contributed by atoms with E-state index in [1.54, 1.807) is 6.20 Å². The van der Waals surface area contributed by atoms with Crippen molar-refractivity contribution in [3.63, 3.8) is 0 Å². The summed E-state index contributed by atoms with van der Waals surface area (Å²) in [6.07, 6.45) is 2.40. The number of hydrogen-bond acceptors (Lipinski definition) is 2. The normalized spacial score (nSPS) is 9.73. The molecule has 0 aliphatic heterocycles. The van der Waals surface area contributed by atoms with E-state index in [1.807, 2.05) is 13.8 Å². The zero-order valence-electron chi connectivity index (χ0n) is 6.39. The predicted molar refractivity (Wildman–Crippen MR) is 46.8 cm³/mol. The lowest BCUT2D eigenvalue weighted by Gasteiger charge is -2.02. The summed E-state index contributed by atoms with van der Waals surface area (Å²) < 4.78 is 0.919. The molecule has 0 atom stereocenters. The number of carbonyl (C=O) groups excluding carboxylic acids is 1. The van der Waals surface area contributed by atoms with E-state index in [-0.39, 0.29) is 0 Å². The first-order valence-electron chi connectivity index (χ1n) is 3.23. The second-order valence-corrected chi connectivity index (χ2v) is 3.15. The quantitative estimate of drug-likeness (QED) is 0.671. The van der Waals surface area contributed by atoms with Gasteiger partial charge in [0, 0.05) is 16.2 Å². The third-order valence-corrected chi connectivity index (χ3v) is 2.77. The number of aldehydes is 1. The van der Waals surface area contributed by atoms with E-state index in [0.29, 0.717) is 5.56 Å². The Balaban J connectivity index is 3.36. The molecule has 0 unspecified atom stereocenters. The van der Waals surface area contributed by atoms with E-state index in [4.69, 9.17) is 0 Å². The maximum atomic E-state index is 10.4. The second kappa shape index (κ2) is 3.13. The Hall–Kier alpha value is -0.700. The van der Waals surface area contributed by atoms with E-state index >= 15 is 0 Å². The SMILES string of the molecule is Cc1ncc(C=O)c(C)c1Br. The van der Waals surface area contributed by atoms with E-state index < -0.39 is 0 Å². The fourth-order valence-electron chi connectivity index (χ4n) is 0.837. The van der Waals surface area contributed by atoms with Crippen LogP contribution >= 0.6 is 15.9 Å². The molecule has 3 heteroatoms. The van der Waals surface area contributed by atoms with Crippen LogP contribution in [-0.4, -0.2) is 11.3 Å². The van der Waals surface area contributed by atoms with E-state index in [0.717, 1.165) is 22.0 Å². The lowest BCUT2D eigenvalue weighted by molar-refractivity contribution is 0.112. The Morgan fingerprint density at radius 1 is 1.55 bits per heavy atom. The van der Waals surface area contributed by atoms with Gasteiger partial charge in [-0.3, -0.25) is 9.78 Å². The smallest absolute Gasteiger partial charge is 0.151 e. The Morgan fingerprint density at radius 3 is 2.73 bits per heavy atom. The van der Waals surface area contributed by atoms with Crippen LogP contribution in [-0.2, 0) is 0 Å². The number of aromatic nitrogens is 1. The Kier molecular flexibility index (Phi) is 2.39. The summed E-state index contributed by atoms with van der Waals surface area (Å²) in [7, 11) is 0. The number of pyridine rings is 1. The molecule has 2 nitrogen and oxygen atoms in total. The second-order valence-electron chi connectivity index (χ2n) is 2.36. The summed E-state index contributed by atoms with van der Waals surface area (Å²) in [5.41, 5.74) is 2.50. The van der Waals surface area contributed by atoms with Gasteiger partial charge in [0.1, 0.15) is 0 Å². The Morgan fingerprint density at radius 2 is 2.18 bits per heavy atom. The van der Waals surface area contributed by atoms with Gasteiger partial charge in [0.2, 0.25) is 0 Å². The van der Waals surface area contributed by atoms with Gasteiger partial charge in [-0.25, -0.2) is 0 Å². The van der Waals surface area contributed by atoms with Crippen molar-refractivity contribution in [2.75, 3.05) is 0 Å². The molecule has 58 valence electrons. The first-order chi connectivity index (χ1) is 5.16. The van der Waals surface area contributed by atoms with Crippen LogP contribution in [0.15, 0.2) is 10.7 Å². The molecule has 1 aromatic heterocycles. The van der Waals surface area contributed by atoms with E-state index in [2.05, 4.69) is 20.9 Å². The number of aryl methyl sites for hydroxylation is 1. The zero-order chi connectivity index (χ0) is 8.43. The van der Waals surface area contributed by atoms with E-state index in [9.17, 15) is 4.79 Å². The number of halogens is 1. The molecule has 0 aromatic carbocycles. The van der Waals surface area contributed by atoms with Crippen molar-refractivity contribution >= 4 is 22.2 Å². The minimum absolute atomic E-state index is 0.641. The molecule has 0 aliphatic rings. The molecule has 0 amide bonds. The summed E-state index contributed by atoms with van der Waals surface area (Å²) >= 11 is 3.35. The Bertz CT molecular complexity index is 296. The van der Waals surface area contributed by atoms with Gasteiger partial charge in [-0.2, -0.15) is 0 Å². The van der Waals surface area contributed by atoms with Crippen LogP contribution in [0.2, 0.25) is 0 Å². The van der Waals surface area contributed by atoms with Gasteiger partial charge in [0.15, 0.2) is 6.29 Å². The molecule has 0 aliphatic carbocycles. The van der Waals surface area contributed by atoms with Gasteiger partial charge in [0.25, 0.3) is 0 Å². The number of carbonyl (C=O) groups is 1. The van der Waals surface area contributed by atoms with Gasteiger partial charge in [-0.05, 0) is 35.3 Å². The maximum Gasteiger partial charge on any atom is 0.151 e. The molecular formula is C8H8BrNO. The molecule has 0 saturated heterocycles. The van der Waals surface area contributed by atoms with Crippen LogP contribution in [0.5, 0.6) is 0 Å². The monoisotopic (exact) mass is 213 g/mol. The van der Waals surface area contributed by atoms with Crippen LogP contribution in [0.4, 0.5) is 0 Å². The molecule has 0 N–H and O–H groups in total. The molecule has 0 spiro atoms. The summed E-state index contributed by atoms with van der Waals surface area (Å²) in [4.78, 5) is 14.5. The van der Waals surface area contributed by atoms with Crippen LogP contribution < -0.4 is 0 Å². The van der Waals surface area contributed by atoms with Crippen LogP contribution in [0.1, 0.15) is 21.6 Å². The van der Waals surface area contributed by atoms with Gasteiger partial charge in [-0.1, -0.05) is 0 Å². The minimum Gasteiger partial charge on any atom is -0.298 e. The lowest BCUT2D eigenvalue weighted by Crippen LogP contribution is -1.93. The summed E-state index contributed by atoms with van der Waals surface area (Å²) in [5.74, 6) is 0. The summed E-state index contributed by atoms with van der Waals surface area (Å²) in [6, 6.07) is 0. The highest BCUT2D eigenvalue weighted by Crippen LogP contribution is 2.20. The van der Waals surface area contributed by atoms with Gasteiger partial charge in [-0.15, -0.1) is 0 Å². The van der Waals surface area contributed by atoms with E-state index in [1.165, 1.54) is 0 Å². The molecule has 0 fully saturated rings. The Labute approximate surface area is 73.8 Å². The van der Waals surface area contributed by atoms with Gasteiger partial charge < -0.3 is 0 Å². The minimum atomic E-state index is 0.641. The maximum absolute atomic E-state index is 10.4. The molecule has 11 heavy (non-hydrogen) atoms. The number of rotatable bonds is 1. The number of nitrogens with zero attached hydrogens (tertiary/aromatic N) is 1. The molecule has 0 bridgehead atoms. The van der Waals surface area contributed by atoms with Gasteiger partial charge >= 0.3 is 0 Å². The molecule has 1 rings (SSSR count). The molecular weight excluding hydrogens is 206 g/mol. The van der Waals surface area contributed by atoms with Crippen molar-refractivity contribution in [2.45, 2.75) is 13.8 Å². The van der Waals surface area contributed by atoms with Crippen molar-refractivity contribution in [3.05, 3.63) is 27.5 Å². The van der Waals surface area contributed by atoms with Crippen LogP contribution in [0.3, 0.4) is 0 Å². The fourth-order valence-corrected chi connectivity index (χ4v) is 1.17. The predicted octanol–water partition coefficient (Wildman–Crippen LogP) is 2.27. The average molecular weight is 214 g/mol. The zero-order valence-corrected chi connectivity index (χ0v) is 7.97. The molecule has 0 radical (unpaired) electrons. The average Bonchev–Trinajstić information content (AvgIpc) is 2.01. The first-order valence-corrected chi connectivity index (χ1v) is 4.03. The molecule has 0 saturated carbocycles. The fraction of sp³-hybridized carbons (Fsp3) is 0.250. The van der Waals surface area contributed by atoms with Gasteiger partial charge in [0.05, 0.1) is 5.69 Å². The highest BCUT2D eigenvalue weighted by Gasteiger charge is 2.03. The van der Waals surface area contributed by atoms with Crippen LogP contribution in [0, 0.1) is 13.8 Å². The van der Waals surface area contributed by atoms with Crippen molar-refractivity contribution in [1.29, 1.82) is 0 Å². The first kappa shape index (κ1) is 8.40. The molecule has 1 heterocycles. The third-order valence-electron chi connectivity index (χ3n) is 1.60. The highest BCUT2D eigenvalue weighted by atomic mass is 79.9. The van der Waals surface area contributed by atoms with Crippen molar-refractivity contribution in [2.24, 2.45) is 0 Å². The molecule has 1 aromatic rings. The van der Waals surface area contributed by atoms with Crippen molar-refractivity contribution < 1.29 is 4.79 Å². The standard InChI is InChI=1S/C8H8BrNO/c1-5-7(4-11)3-10-6(2)8(5)9/h3-4H,1-2H3.